The number of benzene rings is 2. The third-order valence-electron chi connectivity index (χ3n) is 2.79. The molecule has 0 aromatic heterocycles. The molecule has 2 rings (SSSR count). The van der Waals surface area contributed by atoms with E-state index in [1.54, 1.807) is 36.4 Å². The summed E-state index contributed by atoms with van der Waals surface area (Å²) >= 11 is 5.87. The Morgan fingerprint density at radius 1 is 1.11 bits per heavy atom. The maximum Gasteiger partial charge on any atom is 0.193 e. The molecule has 0 radical (unpaired) electrons. The van der Waals surface area contributed by atoms with Crippen molar-refractivity contribution in [2.45, 2.75) is 13.0 Å². The van der Waals surface area contributed by atoms with Crippen LogP contribution in [0, 0.1) is 0 Å². The maximum atomic E-state index is 12.2. The fraction of sp³-hybridized carbons (Fsp3) is 0.133. The zero-order valence-corrected chi connectivity index (χ0v) is 10.8. The minimum atomic E-state index is -0.0336. The van der Waals surface area contributed by atoms with Gasteiger partial charge in [-0.1, -0.05) is 48.0 Å². The van der Waals surface area contributed by atoms with Crippen molar-refractivity contribution in [3.63, 3.8) is 0 Å². The zero-order valence-electron chi connectivity index (χ0n) is 10.1. The standard InChI is InChI=1S/C15H14ClNO/c1-10(17)11-5-7-12(8-6-11)15(18)13-3-2-4-14(16)9-13/h2-10H,17H2,1H3. The molecule has 2 nitrogen and oxygen atoms in total. The zero-order chi connectivity index (χ0) is 13.1. The molecule has 0 spiro atoms. The minimum absolute atomic E-state index is 0.0275. The molecule has 1 unspecified atom stereocenters. The number of carbonyl (C=O) groups is 1. The van der Waals surface area contributed by atoms with Crippen LogP contribution >= 0.6 is 11.6 Å². The van der Waals surface area contributed by atoms with Crippen LogP contribution in [0.15, 0.2) is 48.5 Å². The van der Waals surface area contributed by atoms with Crippen LogP contribution in [0.2, 0.25) is 5.02 Å². The molecule has 0 aliphatic heterocycles. The molecule has 0 fully saturated rings. The van der Waals surface area contributed by atoms with Crippen LogP contribution in [-0.2, 0) is 0 Å². The molecule has 18 heavy (non-hydrogen) atoms. The lowest BCUT2D eigenvalue weighted by atomic mass is 10.0. The van der Waals surface area contributed by atoms with Crippen LogP contribution in [0.4, 0.5) is 0 Å². The topological polar surface area (TPSA) is 43.1 Å². The summed E-state index contributed by atoms with van der Waals surface area (Å²) in [5.41, 5.74) is 8.01. The van der Waals surface area contributed by atoms with Crippen LogP contribution in [0.1, 0.15) is 34.5 Å². The van der Waals surface area contributed by atoms with E-state index in [-0.39, 0.29) is 11.8 Å². The van der Waals surface area contributed by atoms with Crippen LogP contribution in [0.3, 0.4) is 0 Å². The molecule has 2 aromatic rings. The van der Waals surface area contributed by atoms with Gasteiger partial charge in [0.15, 0.2) is 5.78 Å². The molecule has 0 aliphatic carbocycles. The lowest BCUT2D eigenvalue weighted by molar-refractivity contribution is 0.103. The van der Waals surface area contributed by atoms with Crippen molar-refractivity contribution in [3.05, 3.63) is 70.2 Å². The summed E-state index contributed by atoms with van der Waals surface area (Å²) in [6.45, 7) is 1.91. The molecule has 1 atom stereocenters. The molecule has 3 heteroatoms. The third kappa shape index (κ3) is 2.78. The number of nitrogens with two attached hydrogens (primary N) is 1. The quantitative estimate of drug-likeness (QED) is 0.856. The summed E-state index contributed by atoms with van der Waals surface area (Å²) < 4.78 is 0. The van der Waals surface area contributed by atoms with Gasteiger partial charge in [0.05, 0.1) is 0 Å². The Morgan fingerprint density at radius 3 is 2.33 bits per heavy atom. The van der Waals surface area contributed by atoms with Crippen LogP contribution in [0.25, 0.3) is 0 Å². The van der Waals surface area contributed by atoms with Gasteiger partial charge in [-0.25, -0.2) is 0 Å². The first-order valence-electron chi connectivity index (χ1n) is 5.74. The van der Waals surface area contributed by atoms with Gasteiger partial charge in [-0.3, -0.25) is 4.79 Å². The molecule has 92 valence electrons. The highest BCUT2D eigenvalue weighted by molar-refractivity contribution is 6.31. The van der Waals surface area contributed by atoms with E-state index >= 15 is 0 Å². The Kier molecular flexibility index (Phi) is 3.80. The van der Waals surface area contributed by atoms with E-state index in [9.17, 15) is 4.79 Å². The van der Waals surface area contributed by atoms with Gasteiger partial charge in [0.2, 0.25) is 0 Å². The van der Waals surface area contributed by atoms with Crippen molar-refractivity contribution in [1.82, 2.24) is 0 Å². The van der Waals surface area contributed by atoms with Crippen LogP contribution in [0.5, 0.6) is 0 Å². The van der Waals surface area contributed by atoms with Gasteiger partial charge in [0.1, 0.15) is 0 Å². The molecular weight excluding hydrogens is 246 g/mol. The smallest absolute Gasteiger partial charge is 0.193 e. The van der Waals surface area contributed by atoms with Crippen molar-refractivity contribution in [3.8, 4) is 0 Å². The fourth-order valence-corrected chi connectivity index (χ4v) is 1.92. The summed E-state index contributed by atoms with van der Waals surface area (Å²) in [5.74, 6) is -0.0336. The summed E-state index contributed by atoms with van der Waals surface area (Å²) in [6, 6.07) is 14.3. The van der Waals surface area contributed by atoms with E-state index in [0.717, 1.165) is 5.56 Å². The molecule has 0 aliphatic rings. The molecule has 2 aromatic carbocycles. The maximum absolute atomic E-state index is 12.2. The van der Waals surface area contributed by atoms with Crippen molar-refractivity contribution in [2.75, 3.05) is 0 Å². The normalized spacial score (nSPS) is 12.2. The lowest BCUT2D eigenvalue weighted by Crippen LogP contribution is -2.06. The van der Waals surface area contributed by atoms with Crippen LogP contribution < -0.4 is 5.73 Å². The predicted octanol–water partition coefficient (Wildman–Crippen LogP) is 3.59. The highest BCUT2D eigenvalue weighted by Crippen LogP contribution is 2.17. The second kappa shape index (κ2) is 5.34. The van der Waals surface area contributed by atoms with E-state index in [1.165, 1.54) is 0 Å². The average Bonchev–Trinajstić information content (AvgIpc) is 2.38. The first-order chi connectivity index (χ1) is 8.58. The molecule has 0 amide bonds. The van der Waals surface area contributed by atoms with Gasteiger partial charge < -0.3 is 5.73 Å². The molecule has 0 heterocycles. The van der Waals surface area contributed by atoms with Crippen LogP contribution in [-0.4, -0.2) is 5.78 Å². The van der Waals surface area contributed by atoms with E-state index in [4.69, 9.17) is 17.3 Å². The van der Waals surface area contributed by atoms with Gasteiger partial charge >= 0.3 is 0 Å². The van der Waals surface area contributed by atoms with Gasteiger partial charge in [-0.15, -0.1) is 0 Å². The lowest BCUT2D eigenvalue weighted by Gasteiger charge is -2.06. The van der Waals surface area contributed by atoms with Crippen molar-refractivity contribution < 1.29 is 4.79 Å². The van der Waals surface area contributed by atoms with E-state index < -0.39 is 0 Å². The Bertz CT molecular complexity index is 561. The number of ketones is 1. The Hall–Kier alpha value is -1.64. The summed E-state index contributed by atoms with van der Waals surface area (Å²) in [7, 11) is 0. The second-order valence-electron chi connectivity index (χ2n) is 4.25. The van der Waals surface area contributed by atoms with E-state index in [0.29, 0.717) is 16.1 Å². The average molecular weight is 260 g/mol. The van der Waals surface area contributed by atoms with Crippen molar-refractivity contribution in [2.24, 2.45) is 5.73 Å². The minimum Gasteiger partial charge on any atom is -0.324 e. The SMILES string of the molecule is CC(N)c1ccc(C(=O)c2cccc(Cl)c2)cc1. The van der Waals surface area contributed by atoms with E-state index in [2.05, 4.69) is 0 Å². The summed E-state index contributed by atoms with van der Waals surface area (Å²) in [6.07, 6.45) is 0. The number of rotatable bonds is 3. The summed E-state index contributed by atoms with van der Waals surface area (Å²) in [5, 5.41) is 0.563. The first-order valence-corrected chi connectivity index (χ1v) is 6.11. The first kappa shape index (κ1) is 12.8. The second-order valence-corrected chi connectivity index (χ2v) is 4.69. The van der Waals surface area contributed by atoms with Gasteiger partial charge in [0, 0.05) is 22.2 Å². The predicted molar refractivity (Wildman–Crippen MR) is 73.9 cm³/mol. The number of hydrogen-bond donors (Lipinski definition) is 1. The number of carbonyl (C=O) groups excluding carboxylic acids is 1. The Balaban J connectivity index is 2.29. The third-order valence-corrected chi connectivity index (χ3v) is 3.02. The Labute approximate surface area is 111 Å². The van der Waals surface area contributed by atoms with Crippen molar-refractivity contribution in [1.29, 1.82) is 0 Å². The highest BCUT2D eigenvalue weighted by atomic mass is 35.5. The number of halogens is 1. The van der Waals surface area contributed by atoms with Gasteiger partial charge in [-0.05, 0) is 24.6 Å². The Morgan fingerprint density at radius 2 is 1.78 bits per heavy atom. The molecule has 0 saturated heterocycles. The van der Waals surface area contributed by atoms with Crippen molar-refractivity contribution >= 4 is 17.4 Å². The monoisotopic (exact) mass is 259 g/mol. The highest BCUT2D eigenvalue weighted by Gasteiger charge is 2.09. The molecule has 0 bridgehead atoms. The van der Waals surface area contributed by atoms with Gasteiger partial charge in [0.25, 0.3) is 0 Å². The van der Waals surface area contributed by atoms with Gasteiger partial charge in [-0.2, -0.15) is 0 Å². The molecule has 0 saturated carbocycles. The fourth-order valence-electron chi connectivity index (χ4n) is 1.73. The largest absolute Gasteiger partial charge is 0.324 e. The molecular formula is C15H14ClNO. The summed E-state index contributed by atoms with van der Waals surface area (Å²) in [4.78, 5) is 12.2. The number of hydrogen-bond acceptors (Lipinski definition) is 2. The van der Waals surface area contributed by atoms with E-state index in [1.807, 2.05) is 19.1 Å². The molecule has 2 N–H and O–H groups in total.